The van der Waals surface area contributed by atoms with Crippen LogP contribution in [0.15, 0.2) is 53.4 Å². The Bertz CT molecular complexity index is 667. The Morgan fingerprint density at radius 3 is 2.59 bits per heavy atom. The van der Waals surface area contributed by atoms with Crippen molar-refractivity contribution in [2.45, 2.75) is 24.8 Å². The number of hydrogen-bond acceptors (Lipinski definition) is 3. The van der Waals surface area contributed by atoms with Crippen molar-refractivity contribution in [1.29, 1.82) is 0 Å². The average molecular weight is 313 g/mol. The van der Waals surface area contributed by atoms with Gasteiger partial charge in [-0.2, -0.15) is 0 Å². The molecule has 1 heterocycles. The molecule has 2 aromatic carbocycles. The molecule has 2 aromatic rings. The minimum Gasteiger partial charge on any atom is -0.491 e. The van der Waals surface area contributed by atoms with E-state index in [1.54, 1.807) is 11.8 Å². The average Bonchev–Trinajstić information content (AvgIpc) is 2.54. The topological polar surface area (TPSA) is 29.5 Å². The minimum absolute atomic E-state index is 0.0452. The van der Waals surface area contributed by atoms with Gasteiger partial charge in [0.2, 0.25) is 0 Å². The number of fused-ring (bicyclic) bond motifs is 1. The summed E-state index contributed by atoms with van der Waals surface area (Å²) < 4.78 is 5.62. The molecule has 0 unspecified atom stereocenters. The van der Waals surface area contributed by atoms with Crippen LogP contribution in [0.5, 0.6) is 5.75 Å². The fourth-order valence-electron chi connectivity index (χ4n) is 2.48. The molecule has 0 N–H and O–H groups in total. The first kappa shape index (κ1) is 15.0. The van der Waals surface area contributed by atoms with Crippen LogP contribution in [-0.2, 0) is 0 Å². The molecular weight excluding hydrogens is 294 g/mol. The number of thioether (sulfide) groups is 1. The number of carbonyl (C=O) groups is 1. The fraction of sp³-hybridized carbons (Fsp3) is 0.278. The van der Waals surface area contributed by atoms with Gasteiger partial charge in [-0.1, -0.05) is 12.1 Å². The standard InChI is InChI=1S/C18H19NO2S/c1-13(2)21-15-9-7-14(8-10-15)18(20)19-11-12-22-17-6-4-3-5-16(17)19/h3-10,13H,11-12H2,1-2H3. The highest BCUT2D eigenvalue weighted by Gasteiger charge is 2.23. The number of benzene rings is 2. The molecule has 0 aliphatic carbocycles. The van der Waals surface area contributed by atoms with Gasteiger partial charge in [0.05, 0.1) is 11.8 Å². The molecule has 0 radical (unpaired) electrons. The van der Waals surface area contributed by atoms with E-state index in [1.807, 2.05) is 61.2 Å². The van der Waals surface area contributed by atoms with Gasteiger partial charge in [0.1, 0.15) is 5.75 Å². The maximum Gasteiger partial charge on any atom is 0.258 e. The number of hydrogen-bond donors (Lipinski definition) is 0. The molecule has 0 saturated carbocycles. The molecule has 4 heteroatoms. The highest BCUT2D eigenvalue weighted by molar-refractivity contribution is 7.99. The third kappa shape index (κ3) is 3.12. The summed E-state index contributed by atoms with van der Waals surface area (Å²) in [5.41, 5.74) is 1.70. The largest absolute Gasteiger partial charge is 0.491 e. The Morgan fingerprint density at radius 2 is 1.86 bits per heavy atom. The lowest BCUT2D eigenvalue weighted by atomic mass is 10.1. The summed E-state index contributed by atoms with van der Waals surface area (Å²) in [6.07, 6.45) is 0.132. The smallest absolute Gasteiger partial charge is 0.258 e. The van der Waals surface area contributed by atoms with Crippen LogP contribution in [0.2, 0.25) is 0 Å². The SMILES string of the molecule is CC(C)Oc1ccc(C(=O)N2CCSc3ccccc32)cc1. The lowest BCUT2D eigenvalue weighted by Crippen LogP contribution is -2.35. The van der Waals surface area contributed by atoms with Gasteiger partial charge in [-0.25, -0.2) is 0 Å². The van der Waals surface area contributed by atoms with Gasteiger partial charge >= 0.3 is 0 Å². The Kier molecular flexibility index (Phi) is 4.39. The Hall–Kier alpha value is -1.94. The van der Waals surface area contributed by atoms with Gasteiger partial charge in [0, 0.05) is 22.8 Å². The summed E-state index contributed by atoms with van der Waals surface area (Å²) in [5, 5.41) is 0. The Morgan fingerprint density at radius 1 is 1.14 bits per heavy atom. The van der Waals surface area contributed by atoms with Gasteiger partial charge in [-0.15, -0.1) is 11.8 Å². The van der Waals surface area contributed by atoms with Gasteiger partial charge in [0.25, 0.3) is 5.91 Å². The molecule has 1 aliphatic rings. The van der Waals surface area contributed by atoms with Crippen LogP contribution in [0, 0.1) is 0 Å². The van der Waals surface area contributed by atoms with Crippen molar-refractivity contribution in [3.63, 3.8) is 0 Å². The predicted octanol–water partition coefficient (Wildman–Crippen LogP) is 4.23. The Labute approximate surface area is 135 Å². The summed E-state index contributed by atoms with van der Waals surface area (Å²) in [6.45, 7) is 4.72. The molecule has 0 aromatic heterocycles. The monoisotopic (exact) mass is 313 g/mol. The molecule has 114 valence electrons. The van der Waals surface area contributed by atoms with E-state index >= 15 is 0 Å². The number of carbonyl (C=O) groups excluding carboxylic acids is 1. The summed E-state index contributed by atoms with van der Waals surface area (Å²) in [5.74, 6) is 1.77. The lowest BCUT2D eigenvalue weighted by Gasteiger charge is -2.29. The molecule has 0 saturated heterocycles. The minimum atomic E-state index is 0.0452. The summed E-state index contributed by atoms with van der Waals surface area (Å²) in [7, 11) is 0. The second kappa shape index (κ2) is 6.44. The highest BCUT2D eigenvalue weighted by atomic mass is 32.2. The molecule has 0 atom stereocenters. The van der Waals surface area contributed by atoms with Gasteiger partial charge in [-0.05, 0) is 50.2 Å². The van der Waals surface area contributed by atoms with Crippen molar-refractivity contribution in [3.8, 4) is 5.75 Å². The van der Waals surface area contributed by atoms with E-state index in [1.165, 1.54) is 4.90 Å². The maximum atomic E-state index is 12.8. The molecule has 0 spiro atoms. The van der Waals surface area contributed by atoms with Crippen LogP contribution in [-0.4, -0.2) is 24.3 Å². The first-order valence-corrected chi connectivity index (χ1v) is 8.44. The molecule has 22 heavy (non-hydrogen) atoms. The van der Waals surface area contributed by atoms with Crippen LogP contribution < -0.4 is 9.64 Å². The van der Waals surface area contributed by atoms with Crippen molar-refractivity contribution >= 4 is 23.4 Å². The van der Waals surface area contributed by atoms with E-state index in [2.05, 4.69) is 6.07 Å². The number of ether oxygens (including phenoxy) is 1. The zero-order valence-corrected chi connectivity index (χ0v) is 13.6. The van der Waals surface area contributed by atoms with E-state index in [9.17, 15) is 4.79 Å². The van der Waals surface area contributed by atoms with E-state index < -0.39 is 0 Å². The van der Waals surface area contributed by atoms with E-state index in [-0.39, 0.29) is 12.0 Å². The summed E-state index contributed by atoms with van der Waals surface area (Å²) in [4.78, 5) is 15.8. The normalized spacial score (nSPS) is 13.9. The summed E-state index contributed by atoms with van der Waals surface area (Å²) >= 11 is 1.80. The van der Waals surface area contributed by atoms with Gasteiger partial charge in [0.15, 0.2) is 0 Å². The van der Waals surface area contributed by atoms with Crippen LogP contribution in [0.4, 0.5) is 5.69 Å². The third-order valence-corrected chi connectivity index (χ3v) is 4.49. The van der Waals surface area contributed by atoms with Gasteiger partial charge < -0.3 is 9.64 Å². The number of anilines is 1. The molecule has 1 aliphatic heterocycles. The Balaban J connectivity index is 1.83. The predicted molar refractivity (Wildman–Crippen MR) is 91.0 cm³/mol. The molecule has 3 rings (SSSR count). The van der Waals surface area contributed by atoms with Crippen LogP contribution in [0.3, 0.4) is 0 Å². The quantitative estimate of drug-likeness (QED) is 0.849. The number of para-hydroxylation sites is 1. The number of amides is 1. The summed E-state index contributed by atoms with van der Waals surface area (Å²) in [6, 6.07) is 15.5. The third-order valence-electron chi connectivity index (χ3n) is 3.45. The van der Waals surface area contributed by atoms with Crippen molar-refractivity contribution in [2.75, 3.05) is 17.2 Å². The number of rotatable bonds is 3. The van der Waals surface area contributed by atoms with Crippen molar-refractivity contribution in [2.24, 2.45) is 0 Å². The van der Waals surface area contributed by atoms with E-state index in [4.69, 9.17) is 4.74 Å². The highest BCUT2D eigenvalue weighted by Crippen LogP contribution is 2.35. The zero-order valence-electron chi connectivity index (χ0n) is 12.8. The van der Waals surface area contributed by atoms with Crippen molar-refractivity contribution in [1.82, 2.24) is 0 Å². The van der Waals surface area contributed by atoms with Crippen LogP contribution >= 0.6 is 11.8 Å². The number of nitrogens with zero attached hydrogens (tertiary/aromatic N) is 1. The second-order valence-corrected chi connectivity index (χ2v) is 6.60. The van der Waals surface area contributed by atoms with Crippen molar-refractivity contribution in [3.05, 3.63) is 54.1 Å². The molecule has 0 bridgehead atoms. The van der Waals surface area contributed by atoms with E-state index in [0.717, 1.165) is 23.7 Å². The van der Waals surface area contributed by atoms with Gasteiger partial charge in [-0.3, -0.25) is 4.79 Å². The first-order valence-electron chi connectivity index (χ1n) is 7.45. The fourth-order valence-corrected chi connectivity index (χ4v) is 3.48. The second-order valence-electron chi connectivity index (χ2n) is 5.46. The van der Waals surface area contributed by atoms with Crippen LogP contribution in [0.1, 0.15) is 24.2 Å². The lowest BCUT2D eigenvalue weighted by molar-refractivity contribution is 0.0987. The zero-order chi connectivity index (χ0) is 15.5. The maximum absolute atomic E-state index is 12.8. The molecule has 0 fully saturated rings. The van der Waals surface area contributed by atoms with E-state index in [0.29, 0.717) is 5.56 Å². The molecule has 1 amide bonds. The molecular formula is C18H19NO2S. The van der Waals surface area contributed by atoms with Crippen molar-refractivity contribution < 1.29 is 9.53 Å². The van der Waals surface area contributed by atoms with Crippen LogP contribution in [0.25, 0.3) is 0 Å². The first-order chi connectivity index (χ1) is 10.6. The molecule has 3 nitrogen and oxygen atoms in total.